The van der Waals surface area contributed by atoms with Crippen LogP contribution in [0.5, 0.6) is 0 Å². The lowest BCUT2D eigenvalue weighted by Gasteiger charge is -2.45. The number of nitrogens with zero attached hydrogens (tertiary/aromatic N) is 3. The summed E-state index contributed by atoms with van der Waals surface area (Å²) in [4.78, 5) is 34.4. The van der Waals surface area contributed by atoms with Crippen LogP contribution in [0.1, 0.15) is 80.0 Å². The van der Waals surface area contributed by atoms with Gasteiger partial charge in [0.15, 0.2) is 5.78 Å². The predicted octanol–water partition coefficient (Wildman–Crippen LogP) is 6.48. The molecule has 220 valence electrons. The van der Waals surface area contributed by atoms with Gasteiger partial charge in [0.1, 0.15) is 0 Å². The number of alkyl halides is 3. The summed E-state index contributed by atoms with van der Waals surface area (Å²) < 4.78 is 39.9. The Bertz CT molecular complexity index is 1330. The number of amides is 1. The van der Waals surface area contributed by atoms with Crippen LogP contribution in [0.4, 0.5) is 13.2 Å². The van der Waals surface area contributed by atoms with Gasteiger partial charge in [-0.05, 0) is 85.5 Å². The van der Waals surface area contributed by atoms with Gasteiger partial charge in [0, 0.05) is 43.9 Å². The lowest BCUT2D eigenvalue weighted by atomic mass is 9.71. The molecule has 5 nitrogen and oxygen atoms in total. The number of aryl methyl sites for hydroxylation is 1. The number of likely N-dealkylation sites (tertiary alicyclic amines) is 1. The van der Waals surface area contributed by atoms with E-state index in [1.54, 1.807) is 11.0 Å². The van der Waals surface area contributed by atoms with Crippen molar-refractivity contribution in [2.45, 2.75) is 78.6 Å². The fourth-order valence-corrected chi connectivity index (χ4v) is 6.76. The molecule has 1 amide bonds. The van der Waals surface area contributed by atoms with Crippen molar-refractivity contribution in [1.29, 1.82) is 0 Å². The Hall–Kier alpha value is -3.00. The first-order valence-corrected chi connectivity index (χ1v) is 14.8. The van der Waals surface area contributed by atoms with Gasteiger partial charge < -0.3 is 4.90 Å². The molecule has 0 saturated carbocycles. The van der Waals surface area contributed by atoms with Crippen molar-refractivity contribution in [3.05, 3.63) is 70.0 Å². The molecule has 5 rings (SSSR count). The summed E-state index contributed by atoms with van der Waals surface area (Å²) in [5.41, 5.74) is 3.51. The molecule has 1 atom stereocenters. The molecular formula is C33H40F3N3O2. The molecule has 0 bridgehead atoms. The monoisotopic (exact) mass is 567 g/mol. The summed E-state index contributed by atoms with van der Waals surface area (Å²) in [6.45, 7) is 9.32. The summed E-state index contributed by atoms with van der Waals surface area (Å²) in [6.07, 6.45) is 4.52. The maximum atomic E-state index is 14.1. The predicted molar refractivity (Wildman–Crippen MR) is 153 cm³/mol. The van der Waals surface area contributed by atoms with Crippen LogP contribution < -0.4 is 0 Å². The number of piperidine rings is 1. The summed E-state index contributed by atoms with van der Waals surface area (Å²) in [5.74, 6) is 0.625. The summed E-state index contributed by atoms with van der Waals surface area (Å²) in [5, 5.41) is 0. The maximum absolute atomic E-state index is 14.1. The standard InChI is InChI=1S/C33H40F3N3O2/c1-22(2)18-32(31(41)39-13-10-29-27(21-39)17-28(19-37-29)33(34,35)36)11-14-38(15-12-32)20-24-5-7-25-8-9-30(40)23(3)4-6-26(25)16-24/h5,7-9,16-17,19,22-23H,4,6,10-15,18,20-21H2,1-3H3. The zero-order valence-corrected chi connectivity index (χ0v) is 24.3. The lowest BCUT2D eigenvalue weighted by Crippen LogP contribution is -2.51. The van der Waals surface area contributed by atoms with E-state index in [4.69, 9.17) is 0 Å². The number of ketones is 1. The van der Waals surface area contributed by atoms with Crippen molar-refractivity contribution in [2.24, 2.45) is 17.3 Å². The van der Waals surface area contributed by atoms with E-state index in [9.17, 15) is 22.8 Å². The molecule has 3 heterocycles. The molecular weight excluding hydrogens is 527 g/mol. The second-order valence-corrected chi connectivity index (χ2v) is 12.7. The van der Waals surface area contributed by atoms with Crippen molar-refractivity contribution < 1.29 is 22.8 Å². The van der Waals surface area contributed by atoms with Crippen LogP contribution in [0.15, 0.2) is 36.5 Å². The number of carbonyl (C=O) groups excluding carboxylic acids is 2. The Balaban J connectivity index is 1.27. The van der Waals surface area contributed by atoms with Crippen molar-refractivity contribution in [3.8, 4) is 0 Å². The molecule has 2 aliphatic heterocycles. The molecule has 2 aromatic rings. The van der Waals surface area contributed by atoms with Crippen LogP contribution in [0.2, 0.25) is 0 Å². The lowest BCUT2D eigenvalue weighted by molar-refractivity contribution is -0.147. The van der Waals surface area contributed by atoms with Crippen LogP contribution in [0, 0.1) is 17.3 Å². The highest BCUT2D eigenvalue weighted by Gasteiger charge is 2.44. The Kier molecular flexibility index (Phi) is 8.42. The molecule has 1 aromatic heterocycles. The number of benzene rings is 1. The number of hydrogen-bond donors (Lipinski definition) is 0. The van der Waals surface area contributed by atoms with Gasteiger partial charge in [-0.25, -0.2) is 0 Å². The molecule has 0 N–H and O–H groups in total. The number of hydrogen-bond acceptors (Lipinski definition) is 4. The highest BCUT2D eigenvalue weighted by Crippen LogP contribution is 2.41. The summed E-state index contributed by atoms with van der Waals surface area (Å²) in [6, 6.07) is 7.66. The van der Waals surface area contributed by atoms with Gasteiger partial charge in [0.25, 0.3) is 0 Å². The fourth-order valence-electron chi connectivity index (χ4n) is 6.76. The van der Waals surface area contributed by atoms with E-state index in [-0.39, 0.29) is 24.2 Å². The molecule has 1 aromatic carbocycles. The van der Waals surface area contributed by atoms with E-state index >= 15 is 0 Å². The molecule has 1 saturated heterocycles. The highest BCUT2D eigenvalue weighted by molar-refractivity contribution is 5.95. The van der Waals surface area contributed by atoms with E-state index in [0.29, 0.717) is 30.1 Å². The van der Waals surface area contributed by atoms with Crippen LogP contribution >= 0.6 is 0 Å². The fraction of sp³-hybridized carbons (Fsp3) is 0.545. The molecule has 0 spiro atoms. The van der Waals surface area contributed by atoms with Gasteiger partial charge in [0.05, 0.1) is 11.0 Å². The molecule has 1 aliphatic carbocycles. The van der Waals surface area contributed by atoms with Gasteiger partial charge in [-0.1, -0.05) is 45.0 Å². The normalized spacial score (nSPS) is 21.3. The summed E-state index contributed by atoms with van der Waals surface area (Å²) >= 11 is 0. The minimum Gasteiger partial charge on any atom is -0.337 e. The third kappa shape index (κ3) is 6.58. The van der Waals surface area contributed by atoms with Gasteiger partial charge in [-0.15, -0.1) is 0 Å². The zero-order valence-electron chi connectivity index (χ0n) is 24.3. The molecule has 3 aliphatic rings. The maximum Gasteiger partial charge on any atom is 0.417 e. The quantitative estimate of drug-likeness (QED) is 0.415. The Morgan fingerprint density at radius 2 is 1.83 bits per heavy atom. The number of halogens is 3. The minimum atomic E-state index is -4.45. The van der Waals surface area contributed by atoms with Crippen LogP contribution in [-0.4, -0.2) is 46.1 Å². The topological polar surface area (TPSA) is 53.5 Å². The molecule has 1 fully saturated rings. The average Bonchev–Trinajstić information content (AvgIpc) is 2.93. The zero-order chi connectivity index (χ0) is 29.4. The average molecular weight is 568 g/mol. The van der Waals surface area contributed by atoms with Gasteiger partial charge >= 0.3 is 6.18 Å². The summed E-state index contributed by atoms with van der Waals surface area (Å²) in [7, 11) is 0. The molecule has 1 unspecified atom stereocenters. The Labute approximate surface area is 240 Å². The van der Waals surface area contributed by atoms with Crippen LogP contribution in [-0.2, 0) is 41.7 Å². The van der Waals surface area contributed by atoms with Crippen LogP contribution in [0.3, 0.4) is 0 Å². The second kappa shape index (κ2) is 11.7. The van der Waals surface area contributed by atoms with Gasteiger partial charge in [-0.2, -0.15) is 13.2 Å². The number of carbonyl (C=O) groups is 2. The third-order valence-electron chi connectivity index (χ3n) is 9.09. The number of allylic oxidation sites excluding steroid dienone is 1. The number of aromatic nitrogens is 1. The largest absolute Gasteiger partial charge is 0.417 e. The third-order valence-corrected chi connectivity index (χ3v) is 9.09. The smallest absolute Gasteiger partial charge is 0.337 e. The van der Waals surface area contributed by atoms with Crippen molar-refractivity contribution in [3.63, 3.8) is 0 Å². The van der Waals surface area contributed by atoms with E-state index in [1.165, 1.54) is 11.1 Å². The van der Waals surface area contributed by atoms with E-state index in [2.05, 4.69) is 41.9 Å². The first-order chi connectivity index (χ1) is 19.4. The number of pyridine rings is 1. The van der Waals surface area contributed by atoms with E-state index < -0.39 is 17.2 Å². The van der Waals surface area contributed by atoms with Crippen molar-refractivity contribution in [1.82, 2.24) is 14.8 Å². The molecule has 41 heavy (non-hydrogen) atoms. The van der Waals surface area contributed by atoms with Crippen LogP contribution in [0.25, 0.3) is 6.08 Å². The van der Waals surface area contributed by atoms with Crippen molar-refractivity contribution in [2.75, 3.05) is 19.6 Å². The minimum absolute atomic E-state index is 0.0353. The number of fused-ring (bicyclic) bond motifs is 2. The van der Waals surface area contributed by atoms with E-state index in [1.807, 2.05) is 13.0 Å². The van der Waals surface area contributed by atoms with E-state index in [0.717, 1.165) is 69.6 Å². The SMILES string of the molecule is CC(C)CC1(C(=O)N2CCc3ncc(C(F)(F)F)cc3C2)CCN(Cc2ccc3c(c2)CCC(C)C(=O)C=C3)CC1. The second-order valence-electron chi connectivity index (χ2n) is 12.7. The Morgan fingerprint density at radius 3 is 2.54 bits per heavy atom. The van der Waals surface area contributed by atoms with Crippen molar-refractivity contribution >= 4 is 17.8 Å². The first kappa shape index (κ1) is 29.5. The number of rotatable bonds is 5. The first-order valence-electron chi connectivity index (χ1n) is 14.8. The molecule has 8 heteroatoms. The Morgan fingerprint density at radius 1 is 1.07 bits per heavy atom. The van der Waals surface area contributed by atoms with Gasteiger partial charge in [-0.3, -0.25) is 19.5 Å². The molecule has 0 radical (unpaired) electrons. The highest BCUT2D eigenvalue weighted by atomic mass is 19.4. The van der Waals surface area contributed by atoms with Gasteiger partial charge in [0.2, 0.25) is 5.91 Å².